The van der Waals surface area contributed by atoms with Crippen LogP contribution in [-0.4, -0.2) is 90.0 Å². The monoisotopic (exact) mass is 659 g/mol. The summed E-state index contributed by atoms with van der Waals surface area (Å²) in [6.45, 7) is 7.24. The molecule has 3 amide bonds. The third-order valence-corrected chi connectivity index (χ3v) is 11.1. The number of fused-ring (bicyclic) bond motifs is 1. The Morgan fingerprint density at radius 3 is 2.24 bits per heavy atom. The van der Waals surface area contributed by atoms with Gasteiger partial charge in [0.1, 0.15) is 29.6 Å². The summed E-state index contributed by atoms with van der Waals surface area (Å²) in [7, 11) is 3.23. The Bertz CT molecular complexity index is 1760. The average molecular weight is 660 g/mol. The molecule has 0 spiro atoms. The fraction of sp³-hybridized carbons (Fsp3) is 0.353. The molecule has 0 unspecified atom stereocenters. The van der Waals surface area contributed by atoms with Crippen molar-refractivity contribution >= 4 is 46.6 Å². The zero-order valence-corrected chi connectivity index (χ0v) is 28.2. The summed E-state index contributed by atoms with van der Waals surface area (Å²) in [5.74, 6) is 1.55. The molecule has 1 fully saturated rings. The van der Waals surface area contributed by atoms with Gasteiger partial charge in [0, 0.05) is 43.5 Å². The van der Waals surface area contributed by atoms with Crippen LogP contribution in [-0.2, 0) is 14.4 Å². The average Bonchev–Trinajstić information content (AvgIpc) is 3.71. The molecule has 1 saturated heterocycles. The van der Waals surface area contributed by atoms with Gasteiger partial charge in [-0.1, -0.05) is 24.3 Å². The highest BCUT2D eigenvalue weighted by atomic mass is 32.2. The van der Waals surface area contributed by atoms with Gasteiger partial charge in [-0.2, -0.15) is 5.10 Å². The Labute approximate surface area is 276 Å². The minimum absolute atomic E-state index is 0.00666. The smallest absolute Gasteiger partial charge is 0.242 e. The van der Waals surface area contributed by atoms with E-state index in [0.29, 0.717) is 54.8 Å². The van der Waals surface area contributed by atoms with Gasteiger partial charge in [-0.3, -0.25) is 19.3 Å². The van der Waals surface area contributed by atoms with Gasteiger partial charge >= 0.3 is 0 Å². The molecule has 2 aliphatic heterocycles. The number of aryl methyl sites for hydroxylation is 1. The maximum absolute atomic E-state index is 14.2. The predicted molar refractivity (Wildman–Crippen MR) is 181 cm³/mol. The Balaban J connectivity index is 1.59. The first-order valence-electron chi connectivity index (χ1n) is 15.1. The molecule has 4 heterocycles. The third kappa shape index (κ3) is 5.75. The van der Waals surface area contributed by atoms with Crippen LogP contribution in [0.15, 0.2) is 53.9 Å². The second kappa shape index (κ2) is 13.2. The first kappa shape index (κ1) is 31.7. The standard InChI is InChI=1S/C34H37N5O5S2/c1-21-9-6-10-24(22(21)2)39-34-31(32(35-39)30-25(43-4)11-7-12-26(30)44-5)33(27-13-8-18-45-27)46-20-29(42)38(34)19-28(41)37-16-14-36(15-17-37)23(3)40/h6-13,18,33H,14-17,19-20H2,1-5H3/t33-/m1/s1. The highest BCUT2D eigenvalue weighted by molar-refractivity contribution is 8.00. The van der Waals surface area contributed by atoms with Crippen LogP contribution in [0.4, 0.5) is 5.82 Å². The van der Waals surface area contributed by atoms with Crippen molar-refractivity contribution in [2.75, 3.05) is 57.6 Å². The molecule has 46 heavy (non-hydrogen) atoms. The molecule has 4 aromatic rings. The number of thiophene rings is 1. The third-order valence-electron chi connectivity index (χ3n) is 8.73. The lowest BCUT2D eigenvalue weighted by atomic mass is 10.0. The molecule has 0 aliphatic carbocycles. The molecule has 240 valence electrons. The summed E-state index contributed by atoms with van der Waals surface area (Å²) in [6, 6.07) is 15.7. The number of anilines is 1. The number of carbonyl (C=O) groups is 3. The van der Waals surface area contributed by atoms with Crippen LogP contribution in [0.25, 0.3) is 16.9 Å². The van der Waals surface area contributed by atoms with Crippen molar-refractivity contribution < 1.29 is 23.9 Å². The van der Waals surface area contributed by atoms with E-state index in [9.17, 15) is 14.4 Å². The zero-order valence-electron chi connectivity index (χ0n) is 26.6. The Hall–Kier alpha value is -4.29. The van der Waals surface area contributed by atoms with Crippen molar-refractivity contribution in [3.05, 3.63) is 75.5 Å². The summed E-state index contributed by atoms with van der Waals surface area (Å²) >= 11 is 3.15. The molecular weight excluding hydrogens is 623 g/mol. The molecule has 1 atom stereocenters. The van der Waals surface area contributed by atoms with Gasteiger partial charge < -0.3 is 19.3 Å². The van der Waals surface area contributed by atoms with Gasteiger partial charge in [-0.25, -0.2) is 4.68 Å². The van der Waals surface area contributed by atoms with Crippen LogP contribution >= 0.6 is 23.1 Å². The van der Waals surface area contributed by atoms with E-state index < -0.39 is 0 Å². The summed E-state index contributed by atoms with van der Waals surface area (Å²) in [5, 5.41) is 7.05. The molecule has 6 rings (SSSR count). The number of methoxy groups -OCH3 is 2. The number of ether oxygens (including phenoxy) is 2. The van der Waals surface area contributed by atoms with E-state index in [0.717, 1.165) is 27.3 Å². The van der Waals surface area contributed by atoms with E-state index in [2.05, 4.69) is 6.07 Å². The van der Waals surface area contributed by atoms with E-state index >= 15 is 0 Å². The van der Waals surface area contributed by atoms with Crippen molar-refractivity contribution in [2.24, 2.45) is 0 Å². The molecule has 12 heteroatoms. The van der Waals surface area contributed by atoms with Crippen LogP contribution in [0.2, 0.25) is 0 Å². The molecule has 0 radical (unpaired) electrons. The van der Waals surface area contributed by atoms with Crippen molar-refractivity contribution in [1.29, 1.82) is 0 Å². The number of nitrogens with zero attached hydrogens (tertiary/aromatic N) is 5. The van der Waals surface area contributed by atoms with E-state index in [1.54, 1.807) is 47.2 Å². The normalized spacial score (nSPS) is 16.7. The molecule has 2 aliphatic rings. The van der Waals surface area contributed by atoms with Crippen molar-refractivity contribution in [3.63, 3.8) is 0 Å². The van der Waals surface area contributed by atoms with Crippen LogP contribution in [0.1, 0.15) is 33.7 Å². The minimum Gasteiger partial charge on any atom is -0.496 e. The molecule has 0 saturated carbocycles. The molecule has 10 nitrogen and oxygen atoms in total. The second-order valence-electron chi connectivity index (χ2n) is 11.3. The van der Waals surface area contributed by atoms with Gasteiger partial charge in [0.2, 0.25) is 17.7 Å². The molecule has 2 aromatic carbocycles. The number of aromatic nitrogens is 2. The maximum atomic E-state index is 14.2. The SMILES string of the molecule is COc1cccc(OC)c1-c1nn(-c2cccc(C)c2C)c2c1[C@@H](c1cccs1)SCC(=O)N2CC(=O)N1CCN(C(C)=O)CC1. The first-order valence-corrected chi connectivity index (χ1v) is 17.1. The predicted octanol–water partition coefficient (Wildman–Crippen LogP) is 5.09. The van der Waals surface area contributed by atoms with Crippen LogP contribution < -0.4 is 14.4 Å². The second-order valence-corrected chi connectivity index (χ2v) is 13.4. The fourth-order valence-electron chi connectivity index (χ4n) is 6.09. The van der Waals surface area contributed by atoms with Crippen LogP contribution in [0.3, 0.4) is 0 Å². The van der Waals surface area contributed by atoms with E-state index in [1.807, 2.05) is 66.4 Å². The largest absolute Gasteiger partial charge is 0.496 e. The summed E-state index contributed by atoms with van der Waals surface area (Å²) in [5.41, 5.74) is 5.02. The van der Waals surface area contributed by atoms with Crippen LogP contribution in [0, 0.1) is 13.8 Å². The maximum Gasteiger partial charge on any atom is 0.242 e. The highest BCUT2D eigenvalue weighted by Crippen LogP contribution is 2.52. The molecule has 2 aromatic heterocycles. The molecular formula is C34H37N5O5S2. The lowest BCUT2D eigenvalue weighted by molar-refractivity contribution is -0.137. The Morgan fingerprint density at radius 1 is 0.935 bits per heavy atom. The van der Waals surface area contributed by atoms with Crippen molar-refractivity contribution in [2.45, 2.75) is 26.0 Å². The van der Waals surface area contributed by atoms with E-state index in [1.165, 1.54) is 11.8 Å². The number of hydrogen-bond donors (Lipinski definition) is 0. The first-order chi connectivity index (χ1) is 22.2. The van der Waals surface area contributed by atoms with Gasteiger partial charge in [-0.15, -0.1) is 23.1 Å². The van der Waals surface area contributed by atoms with Gasteiger partial charge in [-0.05, 0) is 54.6 Å². The van der Waals surface area contributed by atoms with Crippen LogP contribution in [0.5, 0.6) is 11.5 Å². The number of rotatable bonds is 7. The Kier molecular flexibility index (Phi) is 9.10. The van der Waals surface area contributed by atoms with Crippen molar-refractivity contribution in [1.82, 2.24) is 19.6 Å². The van der Waals surface area contributed by atoms with Gasteiger partial charge in [0.15, 0.2) is 0 Å². The number of amides is 3. The number of thioether (sulfide) groups is 1. The van der Waals surface area contributed by atoms with Gasteiger partial charge in [0.25, 0.3) is 0 Å². The number of benzene rings is 2. The topological polar surface area (TPSA) is 97.2 Å². The lowest BCUT2D eigenvalue weighted by Gasteiger charge is -2.35. The van der Waals surface area contributed by atoms with E-state index in [4.69, 9.17) is 14.6 Å². The van der Waals surface area contributed by atoms with Gasteiger partial charge in [0.05, 0.1) is 36.5 Å². The summed E-state index contributed by atoms with van der Waals surface area (Å²) < 4.78 is 13.5. The van der Waals surface area contributed by atoms with E-state index in [-0.39, 0.29) is 35.3 Å². The highest BCUT2D eigenvalue weighted by Gasteiger charge is 2.40. The minimum atomic E-state index is -0.248. The quantitative estimate of drug-likeness (QED) is 0.273. The zero-order chi connectivity index (χ0) is 32.5. The Morgan fingerprint density at radius 2 is 1.61 bits per heavy atom. The number of piperazine rings is 1. The number of carbonyl (C=O) groups excluding carboxylic acids is 3. The fourth-order valence-corrected chi connectivity index (χ4v) is 8.27. The number of hydrogen-bond acceptors (Lipinski definition) is 8. The van der Waals surface area contributed by atoms with Crippen molar-refractivity contribution in [3.8, 4) is 28.4 Å². The molecule has 0 bridgehead atoms. The summed E-state index contributed by atoms with van der Waals surface area (Å²) in [6.07, 6.45) is 0. The molecule has 0 N–H and O–H groups in total. The summed E-state index contributed by atoms with van der Waals surface area (Å²) in [4.78, 5) is 46.2. The lowest BCUT2D eigenvalue weighted by Crippen LogP contribution is -2.53.